The number of pyridine rings is 1. The van der Waals surface area contributed by atoms with Gasteiger partial charge in [0.2, 0.25) is 5.78 Å². The monoisotopic (exact) mass is 240 g/mol. The second-order valence-electron chi connectivity index (χ2n) is 3.23. The van der Waals surface area contributed by atoms with Gasteiger partial charge in [-0.3, -0.25) is 9.59 Å². The predicted molar refractivity (Wildman–Crippen MR) is 56.1 cm³/mol. The van der Waals surface area contributed by atoms with Crippen LogP contribution in [0.15, 0.2) is 12.4 Å². The Morgan fingerprint density at radius 3 is 2.81 bits per heavy atom. The Bertz CT molecular complexity index is 606. The van der Waals surface area contributed by atoms with Crippen LogP contribution in [0.25, 0.3) is 10.9 Å². The molecule has 0 aliphatic heterocycles. The van der Waals surface area contributed by atoms with Gasteiger partial charge in [0.1, 0.15) is 0 Å². The fraction of sp³-hybridized carbons (Fsp3) is 0.100. The third kappa shape index (κ3) is 1.49. The number of aromatic amines is 1. The van der Waals surface area contributed by atoms with Crippen LogP contribution in [0.5, 0.6) is 0 Å². The number of nitrogens with zero attached hydrogens (tertiary/aromatic N) is 1. The standard InChI is InChI=1S/C10H6ClFN2O2/c1-4(15)9(16)5-2-13-8-7(5)6(12)3-14-10(8)11/h2-3,13H,1H3. The van der Waals surface area contributed by atoms with Crippen LogP contribution < -0.4 is 0 Å². The summed E-state index contributed by atoms with van der Waals surface area (Å²) in [5.41, 5.74) is 0.190. The highest BCUT2D eigenvalue weighted by atomic mass is 35.5. The fourth-order valence-corrected chi connectivity index (χ4v) is 1.64. The number of carbonyl (C=O) groups excluding carboxylic acids is 2. The van der Waals surface area contributed by atoms with E-state index in [-0.39, 0.29) is 21.6 Å². The minimum Gasteiger partial charge on any atom is -0.358 e. The molecule has 0 unspecified atom stereocenters. The summed E-state index contributed by atoms with van der Waals surface area (Å²) in [5, 5.41) is 0.0548. The van der Waals surface area contributed by atoms with E-state index in [4.69, 9.17) is 11.6 Å². The van der Waals surface area contributed by atoms with E-state index in [1.54, 1.807) is 0 Å². The summed E-state index contributed by atoms with van der Waals surface area (Å²) in [5.74, 6) is -2.11. The van der Waals surface area contributed by atoms with Gasteiger partial charge in [-0.15, -0.1) is 0 Å². The molecule has 0 saturated heterocycles. The molecule has 0 aliphatic rings. The lowest BCUT2D eigenvalue weighted by atomic mass is 10.1. The van der Waals surface area contributed by atoms with Crippen LogP contribution in [-0.4, -0.2) is 21.5 Å². The highest BCUT2D eigenvalue weighted by Crippen LogP contribution is 2.26. The quantitative estimate of drug-likeness (QED) is 0.497. The molecule has 0 amide bonds. The van der Waals surface area contributed by atoms with Crippen LogP contribution in [0.4, 0.5) is 4.39 Å². The first-order valence-corrected chi connectivity index (χ1v) is 4.76. The molecule has 2 rings (SSSR count). The van der Waals surface area contributed by atoms with E-state index in [1.807, 2.05) is 0 Å². The van der Waals surface area contributed by atoms with Gasteiger partial charge in [-0.1, -0.05) is 11.6 Å². The van der Waals surface area contributed by atoms with Crippen LogP contribution in [0.2, 0.25) is 5.15 Å². The molecule has 2 aromatic rings. The van der Waals surface area contributed by atoms with Gasteiger partial charge < -0.3 is 4.98 Å². The van der Waals surface area contributed by atoms with Crippen LogP contribution >= 0.6 is 11.6 Å². The SMILES string of the molecule is CC(=O)C(=O)c1c[nH]c2c(Cl)ncc(F)c12. The Balaban J connectivity index is 2.78. The molecule has 0 atom stereocenters. The first-order valence-electron chi connectivity index (χ1n) is 4.38. The number of Topliss-reactive ketones (excluding diaryl/α,β-unsaturated/α-hetero) is 2. The molecule has 2 aromatic heterocycles. The first-order chi connectivity index (χ1) is 7.52. The minimum atomic E-state index is -0.757. The fourth-order valence-electron chi connectivity index (χ4n) is 1.45. The summed E-state index contributed by atoms with van der Waals surface area (Å²) < 4.78 is 13.5. The van der Waals surface area contributed by atoms with E-state index in [9.17, 15) is 14.0 Å². The van der Waals surface area contributed by atoms with Crippen molar-refractivity contribution in [3.8, 4) is 0 Å². The molecule has 0 spiro atoms. The first kappa shape index (κ1) is 10.8. The van der Waals surface area contributed by atoms with Crippen molar-refractivity contribution in [2.45, 2.75) is 6.92 Å². The van der Waals surface area contributed by atoms with Crippen LogP contribution in [0.1, 0.15) is 17.3 Å². The van der Waals surface area contributed by atoms with Crippen molar-refractivity contribution in [3.05, 3.63) is 28.9 Å². The van der Waals surface area contributed by atoms with Crippen molar-refractivity contribution in [2.75, 3.05) is 0 Å². The smallest absolute Gasteiger partial charge is 0.230 e. The number of H-pyrrole nitrogens is 1. The molecule has 82 valence electrons. The van der Waals surface area contributed by atoms with E-state index in [0.717, 1.165) is 13.1 Å². The number of rotatable bonds is 2. The maximum absolute atomic E-state index is 13.5. The third-order valence-electron chi connectivity index (χ3n) is 2.18. The lowest BCUT2D eigenvalue weighted by Crippen LogP contribution is -2.09. The molecule has 16 heavy (non-hydrogen) atoms. The summed E-state index contributed by atoms with van der Waals surface area (Å²) in [4.78, 5) is 28.6. The lowest BCUT2D eigenvalue weighted by molar-refractivity contribution is -0.113. The summed E-state index contributed by atoms with van der Waals surface area (Å²) in [6.45, 7) is 1.13. The number of nitrogens with one attached hydrogen (secondary N) is 1. The summed E-state index contributed by atoms with van der Waals surface area (Å²) >= 11 is 5.72. The molecule has 0 radical (unpaired) electrons. The lowest BCUT2D eigenvalue weighted by Gasteiger charge is -1.97. The zero-order valence-corrected chi connectivity index (χ0v) is 8.93. The number of hydrogen-bond donors (Lipinski definition) is 1. The second kappa shape index (κ2) is 3.68. The molecule has 0 bridgehead atoms. The highest BCUT2D eigenvalue weighted by molar-refractivity contribution is 6.45. The zero-order chi connectivity index (χ0) is 11.9. The van der Waals surface area contributed by atoms with Crippen molar-refractivity contribution in [1.82, 2.24) is 9.97 Å². The average molecular weight is 241 g/mol. The molecule has 0 aliphatic carbocycles. The van der Waals surface area contributed by atoms with Gasteiger partial charge in [0.15, 0.2) is 16.8 Å². The van der Waals surface area contributed by atoms with Gasteiger partial charge in [0.05, 0.1) is 22.7 Å². The molecular weight excluding hydrogens is 235 g/mol. The van der Waals surface area contributed by atoms with E-state index in [0.29, 0.717) is 0 Å². The molecule has 2 heterocycles. The number of ketones is 2. The van der Waals surface area contributed by atoms with Gasteiger partial charge >= 0.3 is 0 Å². The molecule has 0 saturated carbocycles. The largest absolute Gasteiger partial charge is 0.358 e. The topological polar surface area (TPSA) is 62.8 Å². The maximum Gasteiger partial charge on any atom is 0.230 e. The van der Waals surface area contributed by atoms with Crippen molar-refractivity contribution in [3.63, 3.8) is 0 Å². The molecule has 0 fully saturated rings. The van der Waals surface area contributed by atoms with Gasteiger partial charge in [-0.05, 0) is 0 Å². The molecule has 0 aromatic carbocycles. The summed E-state index contributed by atoms with van der Waals surface area (Å²) in [6.07, 6.45) is 2.17. The van der Waals surface area contributed by atoms with Crippen LogP contribution in [0, 0.1) is 5.82 Å². The zero-order valence-electron chi connectivity index (χ0n) is 8.17. The maximum atomic E-state index is 13.5. The van der Waals surface area contributed by atoms with Crippen molar-refractivity contribution >= 4 is 34.1 Å². The van der Waals surface area contributed by atoms with Gasteiger partial charge in [0, 0.05) is 13.1 Å². The number of halogens is 2. The molecule has 1 N–H and O–H groups in total. The molecule has 6 heteroatoms. The Hall–Kier alpha value is -1.75. The van der Waals surface area contributed by atoms with Crippen LogP contribution in [0.3, 0.4) is 0 Å². The van der Waals surface area contributed by atoms with Crippen molar-refractivity contribution in [1.29, 1.82) is 0 Å². The number of fused-ring (bicyclic) bond motifs is 1. The van der Waals surface area contributed by atoms with Gasteiger partial charge in [0.25, 0.3) is 0 Å². The van der Waals surface area contributed by atoms with Crippen LogP contribution in [-0.2, 0) is 4.79 Å². The normalized spacial score (nSPS) is 10.7. The van der Waals surface area contributed by atoms with E-state index < -0.39 is 17.4 Å². The van der Waals surface area contributed by atoms with Gasteiger partial charge in [-0.2, -0.15) is 0 Å². The third-order valence-corrected chi connectivity index (χ3v) is 2.47. The number of hydrogen-bond acceptors (Lipinski definition) is 3. The average Bonchev–Trinajstić information content (AvgIpc) is 2.67. The number of carbonyl (C=O) groups is 2. The Morgan fingerprint density at radius 1 is 1.50 bits per heavy atom. The molecular formula is C10H6ClFN2O2. The highest BCUT2D eigenvalue weighted by Gasteiger charge is 2.20. The Labute approximate surface area is 94.4 Å². The second-order valence-corrected chi connectivity index (χ2v) is 3.59. The minimum absolute atomic E-state index is 0.000185. The molecule has 4 nitrogen and oxygen atoms in total. The van der Waals surface area contributed by atoms with Crippen molar-refractivity contribution in [2.24, 2.45) is 0 Å². The van der Waals surface area contributed by atoms with Gasteiger partial charge in [-0.25, -0.2) is 9.37 Å². The Kier molecular flexibility index (Phi) is 2.47. The predicted octanol–water partition coefficient (Wildman–Crippen LogP) is 2.13. The van der Waals surface area contributed by atoms with E-state index in [2.05, 4.69) is 9.97 Å². The summed E-state index contributed by atoms with van der Waals surface area (Å²) in [7, 11) is 0. The van der Waals surface area contributed by atoms with E-state index in [1.165, 1.54) is 6.20 Å². The Morgan fingerprint density at radius 2 is 2.19 bits per heavy atom. The van der Waals surface area contributed by atoms with E-state index >= 15 is 0 Å². The summed E-state index contributed by atoms with van der Waals surface area (Å²) in [6, 6.07) is 0. The van der Waals surface area contributed by atoms with Crippen molar-refractivity contribution < 1.29 is 14.0 Å². The number of aromatic nitrogens is 2.